The second-order valence-corrected chi connectivity index (χ2v) is 6.31. The first-order valence-corrected chi connectivity index (χ1v) is 9.00. The molecule has 2 aromatic carbocycles. The first kappa shape index (κ1) is 18.6. The van der Waals surface area contributed by atoms with Crippen LogP contribution in [0, 0.1) is 0 Å². The molecular weight excluding hydrogens is 342 g/mol. The largest absolute Gasteiger partial charge is 0.497 e. The fraction of sp³-hybridized carbons (Fsp3) is 0.286. The van der Waals surface area contributed by atoms with Gasteiger partial charge in [0.2, 0.25) is 5.91 Å². The average Bonchev–Trinajstić information content (AvgIpc) is 2.72. The summed E-state index contributed by atoms with van der Waals surface area (Å²) in [5.41, 5.74) is 1.56. The lowest BCUT2D eigenvalue weighted by molar-refractivity contribution is -0.122. The Hall–Kier alpha value is -3.15. The number of para-hydroxylation sites is 1. The van der Waals surface area contributed by atoms with Gasteiger partial charge in [-0.25, -0.2) is 4.98 Å². The van der Waals surface area contributed by atoms with E-state index >= 15 is 0 Å². The summed E-state index contributed by atoms with van der Waals surface area (Å²) in [6.45, 7) is 2.31. The van der Waals surface area contributed by atoms with Crippen LogP contribution < -0.4 is 15.6 Å². The second-order valence-electron chi connectivity index (χ2n) is 6.31. The van der Waals surface area contributed by atoms with Crippen LogP contribution in [0.3, 0.4) is 0 Å². The monoisotopic (exact) mass is 365 g/mol. The summed E-state index contributed by atoms with van der Waals surface area (Å²) in [5.74, 6) is 0.681. The molecule has 1 aromatic heterocycles. The summed E-state index contributed by atoms with van der Waals surface area (Å²) < 4.78 is 6.65. The predicted octanol–water partition coefficient (Wildman–Crippen LogP) is 3.06. The van der Waals surface area contributed by atoms with Gasteiger partial charge in [0.15, 0.2) is 0 Å². The van der Waals surface area contributed by atoms with Gasteiger partial charge >= 0.3 is 0 Å². The number of methoxy groups -OCH3 is 1. The summed E-state index contributed by atoms with van der Waals surface area (Å²) in [5, 5.41) is 3.59. The van der Waals surface area contributed by atoms with Crippen molar-refractivity contribution in [3.05, 3.63) is 70.8 Å². The third kappa shape index (κ3) is 4.34. The van der Waals surface area contributed by atoms with Crippen LogP contribution in [0.4, 0.5) is 0 Å². The Bertz CT molecular complexity index is 980. The van der Waals surface area contributed by atoms with E-state index in [4.69, 9.17) is 4.74 Å². The SMILES string of the molecule is CC[C@H](NC(=O)CCn1cnc2ccccc2c1=O)c1ccc(OC)cc1. The molecule has 27 heavy (non-hydrogen) atoms. The van der Waals surface area contributed by atoms with Crippen molar-refractivity contribution in [1.82, 2.24) is 14.9 Å². The third-order valence-electron chi connectivity index (χ3n) is 4.57. The molecule has 1 heterocycles. The van der Waals surface area contributed by atoms with Gasteiger partial charge in [-0.15, -0.1) is 0 Å². The Morgan fingerprint density at radius 3 is 2.63 bits per heavy atom. The van der Waals surface area contributed by atoms with E-state index in [-0.39, 0.29) is 23.9 Å². The third-order valence-corrected chi connectivity index (χ3v) is 4.57. The first-order valence-electron chi connectivity index (χ1n) is 9.00. The summed E-state index contributed by atoms with van der Waals surface area (Å²) in [7, 11) is 1.62. The van der Waals surface area contributed by atoms with Gasteiger partial charge in [-0.2, -0.15) is 0 Å². The molecule has 1 atom stereocenters. The first-order chi connectivity index (χ1) is 13.1. The minimum atomic E-state index is -0.129. The Labute approximate surface area is 157 Å². The van der Waals surface area contributed by atoms with E-state index in [1.165, 1.54) is 10.9 Å². The van der Waals surface area contributed by atoms with Crippen LogP contribution in [0.25, 0.3) is 10.9 Å². The molecule has 6 heteroatoms. The minimum absolute atomic E-state index is 0.0742. The maximum Gasteiger partial charge on any atom is 0.261 e. The van der Waals surface area contributed by atoms with Crippen molar-refractivity contribution in [2.75, 3.05) is 7.11 Å². The number of benzene rings is 2. The number of amides is 1. The molecule has 3 rings (SSSR count). The smallest absolute Gasteiger partial charge is 0.261 e. The minimum Gasteiger partial charge on any atom is -0.497 e. The van der Waals surface area contributed by atoms with E-state index in [1.807, 2.05) is 43.3 Å². The highest BCUT2D eigenvalue weighted by molar-refractivity contribution is 5.77. The molecule has 3 aromatic rings. The van der Waals surface area contributed by atoms with E-state index in [0.717, 1.165) is 17.7 Å². The number of carbonyl (C=O) groups is 1. The molecule has 0 saturated carbocycles. The van der Waals surface area contributed by atoms with Gasteiger partial charge in [0.05, 0.1) is 30.4 Å². The van der Waals surface area contributed by atoms with Gasteiger partial charge in [0.25, 0.3) is 5.56 Å². The van der Waals surface area contributed by atoms with Crippen molar-refractivity contribution >= 4 is 16.8 Å². The molecule has 0 aliphatic heterocycles. The number of nitrogens with zero attached hydrogens (tertiary/aromatic N) is 2. The number of aromatic nitrogens is 2. The molecule has 0 radical (unpaired) electrons. The van der Waals surface area contributed by atoms with Gasteiger partial charge in [-0.05, 0) is 36.2 Å². The van der Waals surface area contributed by atoms with Crippen LogP contribution >= 0.6 is 0 Å². The highest BCUT2D eigenvalue weighted by atomic mass is 16.5. The van der Waals surface area contributed by atoms with E-state index < -0.39 is 0 Å². The van der Waals surface area contributed by atoms with Crippen molar-refractivity contribution in [3.8, 4) is 5.75 Å². The van der Waals surface area contributed by atoms with Crippen molar-refractivity contribution in [1.29, 1.82) is 0 Å². The van der Waals surface area contributed by atoms with E-state index in [9.17, 15) is 9.59 Å². The molecule has 140 valence electrons. The van der Waals surface area contributed by atoms with Crippen LogP contribution in [0.15, 0.2) is 59.7 Å². The van der Waals surface area contributed by atoms with E-state index in [2.05, 4.69) is 10.3 Å². The molecule has 0 aliphatic rings. The van der Waals surface area contributed by atoms with Crippen molar-refractivity contribution in [3.63, 3.8) is 0 Å². The van der Waals surface area contributed by atoms with Gasteiger partial charge in [0.1, 0.15) is 5.75 Å². The van der Waals surface area contributed by atoms with Crippen molar-refractivity contribution in [2.45, 2.75) is 32.4 Å². The van der Waals surface area contributed by atoms with Gasteiger partial charge < -0.3 is 10.1 Å². The van der Waals surface area contributed by atoms with Gasteiger partial charge in [-0.3, -0.25) is 14.2 Å². The topological polar surface area (TPSA) is 73.2 Å². The summed E-state index contributed by atoms with van der Waals surface area (Å²) in [4.78, 5) is 29.1. The van der Waals surface area contributed by atoms with Crippen molar-refractivity contribution < 1.29 is 9.53 Å². The van der Waals surface area contributed by atoms with E-state index in [1.54, 1.807) is 19.2 Å². The lowest BCUT2D eigenvalue weighted by Gasteiger charge is -2.18. The zero-order chi connectivity index (χ0) is 19.2. The normalized spacial score (nSPS) is 11.9. The van der Waals surface area contributed by atoms with Crippen LogP contribution in [0.5, 0.6) is 5.75 Å². The van der Waals surface area contributed by atoms with Gasteiger partial charge in [-0.1, -0.05) is 31.2 Å². The Kier molecular flexibility index (Phi) is 5.86. The molecule has 0 aliphatic carbocycles. The maximum atomic E-state index is 12.5. The fourth-order valence-corrected chi connectivity index (χ4v) is 3.01. The zero-order valence-corrected chi connectivity index (χ0v) is 15.5. The van der Waals surface area contributed by atoms with E-state index in [0.29, 0.717) is 17.4 Å². The standard InChI is InChI=1S/C21H23N3O3/c1-3-18(15-8-10-16(27-2)11-9-15)23-20(25)12-13-24-14-22-19-7-5-4-6-17(19)21(24)26/h4-11,14,18H,3,12-13H2,1-2H3,(H,23,25)/t18-/m0/s1. The number of hydrogen-bond donors (Lipinski definition) is 1. The molecule has 1 amide bonds. The predicted molar refractivity (Wildman–Crippen MR) is 105 cm³/mol. The molecule has 0 bridgehead atoms. The number of aryl methyl sites for hydroxylation is 1. The highest BCUT2D eigenvalue weighted by Gasteiger charge is 2.13. The Balaban J connectivity index is 1.64. The number of ether oxygens (including phenoxy) is 1. The van der Waals surface area contributed by atoms with Crippen molar-refractivity contribution in [2.24, 2.45) is 0 Å². The number of rotatable bonds is 7. The molecule has 1 N–H and O–H groups in total. The summed E-state index contributed by atoms with van der Waals surface area (Å²) >= 11 is 0. The zero-order valence-electron chi connectivity index (χ0n) is 15.5. The molecule has 0 spiro atoms. The lowest BCUT2D eigenvalue weighted by atomic mass is 10.0. The molecular formula is C21H23N3O3. The van der Waals surface area contributed by atoms with Crippen LogP contribution in [0.1, 0.15) is 31.4 Å². The Morgan fingerprint density at radius 2 is 1.93 bits per heavy atom. The van der Waals surface area contributed by atoms with Crippen LogP contribution in [-0.2, 0) is 11.3 Å². The average molecular weight is 365 g/mol. The Morgan fingerprint density at radius 1 is 1.19 bits per heavy atom. The number of nitrogens with one attached hydrogen (secondary N) is 1. The maximum absolute atomic E-state index is 12.5. The molecule has 6 nitrogen and oxygen atoms in total. The number of hydrogen-bond acceptors (Lipinski definition) is 4. The van der Waals surface area contributed by atoms with Crippen LogP contribution in [-0.4, -0.2) is 22.6 Å². The second kappa shape index (κ2) is 8.49. The fourth-order valence-electron chi connectivity index (χ4n) is 3.01. The summed E-state index contributed by atoms with van der Waals surface area (Å²) in [6, 6.07) is 14.8. The van der Waals surface area contributed by atoms with Crippen LogP contribution in [0.2, 0.25) is 0 Å². The highest BCUT2D eigenvalue weighted by Crippen LogP contribution is 2.20. The number of carbonyl (C=O) groups excluding carboxylic acids is 1. The van der Waals surface area contributed by atoms with Gasteiger partial charge in [0, 0.05) is 13.0 Å². The summed E-state index contributed by atoms with van der Waals surface area (Å²) in [6.07, 6.45) is 2.49. The molecule has 0 saturated heterocycles. The number of fused-ring (bicyclic) bond motifs is 1. The quantitative estimate of drug-likeness (QED) is 0.698. The molecule has 0 unspecified atom stereocenters. The molecule has 0 fully saturated rings. The lowest BCUT2D eigenvalue weighted by Crippen LogP contribution is -2.30.